The number of rotatable bonds is 4. The van der Waals surface area contributed by atoms with Gasteiger partial charge in [-0.2, -0.15) is 0 Å². The molecule has 0 unspecified atom stereocenters. The van der Waals surface area contributed by atoms with Crippen molar-refractivity contribution in [3.8, 4) is 0 Å². The third-order valence-electron chi connectivity index (χ3n) is 2.18. The van der Waals surface area contributed by atoms with E-state index < -0.39 is 0 Å². The van der Waals surface area contributed by atoms with Crippen molar-refractivity contribution >= 4 is 15.9 Å². The predicted molar refractivity (Wildman–Crippen MR) is 60.4 cm³/mol. The van der Waals surface area contributed by atoms with E-state index in [1.54, 1.807) is 6.26 Å². The van der Waals surface area contributed by atoms with E-state index >= 15 is 0 Å². The molecule has 2 heterocycles. The van der Waals surface area contributed by atoms with Crippen molar-refractivity contribution in [1.29, 1.82) is 0 Å². The first-order chi connectivity index (χ1) is 7.25. The molecule has 0 amide bonds. The van der Waals surface area contributed by atoms with Crippen LogP contribution >= 0.6 is 15.9 Å². The molecule has 0 aliphatic rings. The summed E-state index contributed by atoms with van der Waals surface area (Å²) in [5.41, 5.74) is 0. The largest absolute Gasteiger partial charge is 0.468 e. The van der Waals surface area contributed by atoms with Gasteiger partial charge in [-0.3, -0.25) is 0 Å². The molecule has 0 aliphatic carbocycles. The fourth-order valence-corrected chi connectivity index (χ4v) is 1.68. The first-order valence-electron chi connectivity index (χ1n) is 4.76. The highest BCUT2D eigenvalue weighted by Gasteiger charge is 2.08. The van der Waals surface area contributed by atoms with Gasteiger partial charge in [0.2, 0.25) is 0 Å². The number of hydrogen-bond donors (Lipinski definition) is 1. The van der Waals surface area contributed by atoms with Crippen LogP contribution in [-0.2, 0) is 6.54 Å². The summed E-state index contributed by atoms with van der Waals surface area (Å²) in [6.45, 7) is 2.74. The molecule has 0 fully saturated rings. The summed E-state index contributed by atoms with van der Waals surface area (Å²) in [4.78, 5) is 0. The Hall–Kier alpha value is -1.00. The van der Waals surface area contributed by atoms with E-state index in [1.165, 1.54) is 0 Å². The zero-order valence-corrected chi connectivity index (χ0v) is 9.95. The molecule has 2 aromatic heterocycles. The normalized spacial score (nSPS) is 12.9. The highest BCUT2D eigenvalue weighted by atomic mass is 79.9. The Bertz CT molecular complexity index is 408. The zero-order chi connectivity index (χ0) is 10.7. The van der Waals surface area contributed by atoms with Gasteiger partial charge in [0.1, 0.15) is 11.5 Å². The van der Waals surface area contributed by atoms with Gasteiger partial charge in [-0.1, -0.05) is 0 Å². The van der Waals surface area contributed by atoms with Gasteiger partial charge in [-0.25, -0.2) is 0 Å². The van der Waals surface area contributed by atoms with Crippen molar-refractivity contribution in [3.63, 3.8) is 0 Å². The molecule has 4 heteroatoms. The number of hydrogen-bond acceptors (Lipinski definition) is 3. The van der Waals surface area contributed by atoms with Crippen LogP contribution in [0.3, 0.4) is 0 Å². The second-order valence-corrected chi connectivity index (χ2v) is 4.11. The fraction of sp³-hybridized carbons (Fsp3) is 0.273. The van der Waals surface area contributed by atoms with Crippen LogP contribution in [0.25, 0.3) is 0 Å². The van der Waals surface area contributed by atoms with E-state index in [1.807, 2.05) is 24.3 Å². The van der Waals surface area contributed by atoms with Crippen LogP contribution in [0.15, 0.2) is 44.0 Å². The summed E-state index contributed by atoms with van der Waals surface area (Å²) in [5.74, 6) is 1.83. The quantitative estimate of drug-likeness (QED) is 0.924. The van der Waals surface area contributed by atoms with Gasteiger partial charge in [-0.05, 0) is 47.1 Å². The van der Waals surface area contributed by atoms with Crippen LogP contribution in [0.5, 0.6) is 0 Å². The van der Waals surface area contributed by atoms with Crippen molar-refractivity contribution in [2.24, 2.45) is 0 Å². The highest BCUT2D eigenvalue weighted by Crippen LogP contribution is 2.16. The molecule has 0 aromatic carbocycles. The molecule has 0 bridgehead atoms. The Morgan fingerprint density at radius 2 is 2.27 bits per heavy atom. The Morgan fingerprint density at radius 3 is 2.87 bits per heavy atom. The molecule has 0 aliphatic heterocycles. The maximum Gasteiger partial charge on any atom is 0.169 e. The average Bonchev–Trinajstić information content (AvgIpc) is 2.84. The van der Waals surface area contributed by atoms with Gasteiger partial charge < -0.3 is 14.2 Å². The highest BCUT2D eigenvalue weighted by molar-refractivity contribution is 9.10. The third-order valence-corrected chi connectivity index (χ3v) is 2.61. The second kappa shape index (κ2) is 4.68. The van der Waals surface area contributed by atoms with E-state index in [2.05, 4.69) is 28.2 Å². The van der Waals surface area contributed by atoms with E-state index in [0.717, 1.165) is 16.2 Å². The summed E-state index contributed by atoms with van der Waals surface area (Å²) in [6.07, 6.45) is 1.68. The van der Waals surface area contributed by atoms with Crippen LogP contribution in [0.4, 0.5) is 0 Å². The van der Waals surface area contributed by atoms with Gasteiger partial charge in [0.05, 0.1) is 18.8 Å². The second-order valence-electron chi connectivity index (χ2n) is 3.32. The summed E-state index contributed by atoms with van der Waals surface area (Å²) >= 11 is 3.26. The minimum Gasteiger partial charge on any atom is -0.468 e. The summed E-state index contributed by atoms with van der Waals surface area (Å²) in [7, 11) is 0. The van der Waals surface area contributed by atoms with Gasteiger partial charge in [0, 0.05) is 0 Å². The molecule has 1 atom stereocenters. The van der Waals surface area contributed by atoms with Crippen molar-refractivity contribution < 1.29 is 8.83 Å². The average molecular weight is 270 g/mol. The van der Waals surface area contributed by atoms with Crippen molar-refractivity contribution in [2.75, 3.05) is 0 Å². The van der Waals surface area contributed by atoms with E-state index in [0.29, 0.717) is 6.54 Å². The van der Waals surface area contributed by atoms with Crippen LogP contribution in [0.2, 0.25) is 0 Å². The summed E-state index contributed by atoms with van der Waals surface area (Å²) in [6, 6.07) is 7.84. The molecule has 2 rings (SSSR count). The molecular formula is C11H12BrNO2. The third kappa shape index (κ3) is 2.73. The maximum absolute atomic E-state index is 5.37. The smallest absolute Gasteiger partial charge is 0.169 e. The Balaban J connectivity index is 1.88. The molecule has 0 saturated carbocycles. The molecule has 0 spiro atoms. The Morgan fingerprint density at radius 1 is 1.40 bits per heavy atom. The lowest BCUT2D eigenvalue weighted by molar-refractivity contribution is 0.402. The van der Waals surface area contributed by atoms with E-state index in [-0.39, 0.29) is 6.04 Å². The molecule has 1 N–H and O–H groups in total. The van der Waals surface area contributed by atoms with Crippen molar-refractivity contribution in [3.05, 3.63) is 46.7 Å². The minimum atomic E-state index is 0.184. The SMILES string of the molecule is C[C@H](NCc1ccc(Br)o1)c1ccco1. The topological polar surface area (TPSA) is 38.3 Å². The minimum absolute atomic E-state index is 0.184. The molecule has 3 nitrogen and oxygen atoms in total. The van der Waals surface area contributed by atoms with E-state index in [9.17, 15) is 0 Å². The molecule has 2 aromatic rings. The first-order valence-corrected chi connectivity index (χ1v) is 5.56. The van der Waals surface area contributed by atoms with Crippen molar-refractivity contribution in [1.82, 2.24) is 5.32 Å². The summed E-state index contributed by atoms with van der Waals surface area (Å²) < 4.78 is 11.4. The van der Waals surface area contributed by atoms with Crippen molar-refractivity contribution in [2.45, 2.75) is 19.5 Å². The first kappa shape index (κ1) is 10.5. The van der Waals surface area contributed by atoms with E-state index in [4.69, 9.17) is 8.83 Å². The predicted octanol–water partition coefficient (Wildman–Crippen LogP) is 3.49. The Labute approximate surface area is 96.6 Å². The Kier molecular flexibility index (Phi) is 3.28. The lowest BCUT2D eigenvalue weighted by atomic mass is 10.2. The molecule has 0 radical (unpaired) electrons. The number of furan rings is 2. The van der Waals surface area contributed by atoms with Crippen LogP contribution in [-0.4, -0.2) is 0 Å². The number of nitrogens with one attached hydrogen (secondary N) is 1. The molecular weight excluding hydrogens is 258 g/mol. The summed E-state index contributed by atoms with van der Waals surface area (Å²) in [5, 5.41) is 3.31. The monoisotopic (exact) mass is 269 g/mol. The molecule has 0 saturated heterocycles. The van der Waals surface area contributed by atoms with Crippen LogP contribution in [0, 0.1) is 0 Å². The lowest BCUT2D eigenvalue weighted by Crippen LogP contribution is -2.17. The van der Waals surface area contributed by atoms with Gasteiger partial charge in [0.15, 0.2) is 4.67 Å². The standard InChI is InChI=1S/C11H12BrNO2/c1-8(10-3-2-6-14-10)13-7-9-4-5-11(12)15-9/h2-6,8,13H,7H2,1H3/t8-/m0/s1. The van der Waals surface area contributed by atoms with Crippen LogP contribution < -0.4 is 5.32 Å². The maximum atomic E-state index is 5.37. The van der Waals surface area contributed by atoms with Crippen LogP contribution in [0.1, 0.15) is 24.5 Å². The van der Waals surface area contributed by atoms with Gasteiger partial charge >= 0.3 is 0 Å². The van der Waals surface area contributed by atoms with Gasteiger partial charge in [-0.15, -0.1) is 0 Å². The van der Waals surface area contributed by atoms with Gasteiger partial charge in [0.25, 0.3) is 0 Å². The zero-order valence-electron chi connectivity index (χ0n) is 8.37. The number of halogens is 1. The molecule has 80 valence electrons. The lowest BCUT2D eigenvalue weighted by Gasteiger charge is -2.09. The fourth-order valence-electron chi connectivity index (χ4n) is 1.34. The molecule has 15 heavy (non-hydrogen) atoms.